The number of nitrogens with one attached hydrogen (secondary N) is 2. The van der Waals surface area contributed by atoms with Gasteiger partial charge in [0.15, 0.2) is 0 Å². The molecule has 1 heterocycles. The van der Waals surface area contributed by atoms with Crippen LogP contribution in [0.3, 0.4) is 0 Å². The van der Waals surface area contributed by atoms with E-state index in [1.165, 1.54) is 0 Å². The predicted molar refractivity (Wildman–Crippen MR) is 107 cm³/mol. The lowest BCUT2D eigenvalue weighted by atomic mass is 10.2. The zero-order valence-electron chi connectivity index (χ0n) is 14.9. The summed E-state index contributed by atoms with van der Waals surface area (Å²) >= 11 is 0. The third-order valence-corrected chi connectivity index (χ3v) is 3.41. The summed E-state index contributed by atoms with van der Waals surface area (Å²) in [7, 11) is 3.48. The van der Waals surface area contributed by atoms with Gasteiger partial charge in [-0.3, -0.25) is 4.79 Å². The summed E-state index contributed by atoms with van der Waals surface area (Å²) in [5.41, 5.74) is 0.822. The van der Waals surface area contributed by atoms with Gasteiger partial charge in [-0.15, -0.1) is 24.8 Å². The van der Waals surface area contributed by atoms with Gasteiger partial charge in [0.05, 0.1) is 7.11 Å². The molecule has 6 nitrogen and oxygen atoms in total. The summed E-state index contributed by atoms with van der Waals surface area (Å²) in [4.78, 5) is 16.1. The van der Waals surface area contributed by atoms with Gasteiger partial charge in [-0.25, -0.2) is 4.98 Å². The summed E-state index contributed by atoms with van der Waals surface area (Å²) in [6.45, 7) is 1.20. The van der Waals surface area contributed by atoms with Crippen molar-refractivity contribution in [1.29, 1.82) is 0 Å². The maximum absolute atomic E-state index is 11.8. The van der Waals surface area contributed by atoms with E-state index in [9.17, 15) is 4.79 Å². The van der Waals surface area contributed by atoms with Gasteiger partial charge in [0.2, 0.25) is 11.8 Å². The molecule has 0 saturated heterocycles. The van der Waals surface area contributed by atoms with Crippen LogP contribution in [0.25, 0.3) is 0 Å². The molecule has 1 aromatic carbocycles. The van der Waals surface area contributed by atoms with Crippen LogP contribution in [0.1, 0.15) is 18.4 Å². The first-order chi connectivity index (χ1) is 11.7. The van der Waals surface area contributed by atoms with Crippen LogP contribution < -0.4 is 20.1 Å². The highest BCUT2D eigenvalue weighted by molar-refractivity contribution is 5.85. The summed E-state index contributed by atoms with van der Waals surface area (Å²) in [5.74, 6) is 1.83. The number of hydrogen-bond acceptors (Lipinski definition) is 5. The van der Waals surface area contributed by atoms with Gasteiger partial charge in [-0.2, -0.15) is 0 Å². The summed E-state index contributed by atoms with van der Waals surface area (Å²) in [6.07, 6.45) is 2.96. The number of hydrogen-bond donors (Lipinski definition) is 2. The van der Waals surface area contributed by atoms with E-state index in [1.807, 2.05) is 37.4 Å². The van der Waals surface area contributed by atoms with Crippen LogP contribution in [0.15, 0.2) is 42.6 Å². The molecule has 8 heteroatoms. The molecule has 0 saturated carbocycles. The van der Waals surface area contributed by atoms with Crippen LogP contribution in [0.2, 0.25) is 0 Å². The van der Waals surface area contributed by atoms with Crippen molar-refractivity contribution >= 4 is 30.7 Å². The van der Waals surface area contributed by atoms with E-state index in [0.717, 1.165) is 18.5 Å². The van der Waals surface area contributed by atoms with Crippen molar-refractivity contribution in [3.05, 3.63) is 48.2 Å². The van der Waals surface area contributed by atoms with Gasteiger partial charge >= 0.3 is 0 Å². The maximum Gasteiger partial charge on any atom is 0.224 e. The molecule has 0 bridgehead atoms. The highest BCUT2D eigenvalue weighted by Gasteiger charge is 2.08. The molecular formula is C18H25Cl2N3O3. The largest absolute Gasteiger partial charge is 0.497 e. The SMILES string of the molecule is CNCCCC(=O)NCc1cccnc1Oc1cccc(OC)c1.Cl.Cl. The van der Waals surface area contributed by atoms with Crippen molar-refractivity contribution in [3.63, 3.8) is 0 Å². The standard InChI is InChI=1S/C18H23N3O3.2ClH/c1-19-10-5-9-17(22)21-13-14-6-4-11-20-18(14)24-16-8-3-7-15(12-16)23-2;;/h3-4,6-8,11-12,19H,5,9-10,13H2,1-2H3,(H,21,22);2*1H. The Balaban J connectivity index is 0.00000312. The number of carbonyl (C=O) groups is 1. The fourth-order valence-electron chi connectivity index (χ4n) is 2.13. The van der Waals surface area contributed by atoms with Crippen LogP contribution in [0.5, 0.6) is 17.4 Å². The first-order valence-corrected chi connectivity index (χ1v) is 7.90. The number of ether oxygens (including phenoxy) is 2. The number of carbonyl (C=O) groups excluding carboxylic acids is 1. The molecule has 0 fully saturated rings. The molecule has 2 N–H and O–H groups in total. The number of rotatable bonds is 9. The Morgan fingerprint density at radius 1 is 1.15 bits per heavy atom. The Labute approximate surface area is 166 Å². The molecule has 26 heavy (non-hydrogen) atoms. The molecular weight excluding hydrogens is 377 g/mol. The number of pyridine rings is 1. The molecule has 2 rings (SSSR count). The summed E-state index contributed by atoms with van der Waals surface area (Å²) < 4.78 is 11.0. The second-order valence-corrected chi connectivity index (χ2v) is 5.23. The second kappa shape index (κ2) is 13.2. The fourth-order valence-corrected chi connectivity index (χ4v) is 2.13. The lowest BCUT2D eigenvalue weighted by molar-refractivity contribution is -0.121. The second-order valence-electron chi connectivity index (χ2n) is 5.23. The summed E-state index contributed by atoms with van der Waals surface area (Å²) in [5, 5.41) is 5.92. The maximum atomic E-state index is 11.8. The van der Waals surface area contributed by atoms with E-state index in [1.54, 1.807) is 19.4 Å². The van der Waals surface area contributed by atoms with Gasteiger partial charge in [0.25, 0.3) is 0 Å². The van der Waals surface area contributed by atoms with Crippen molar-refractivity contribution in [2.75, 3.05) is 20.7 Å². The average Bonchev–Trinajstić information content (AvgIpc) is 2.61. The molecule has 0 atom stereocenters. The minimum Gasteiger partial charge on any atom is -0.497 e. The molecule has 1 amide bonds. The lowest BCUT2D eigenvalue weighted by Crippen LogP contribution is -2.24. The molecule has 0 unspecified atom stereocenters. The van der Waals surface area contributed by atoms with Crippen molar-refractivity contribution in [1.82, 2.24) is 15.6 Å². The highest BCUT2D eigenvalue weighted by atomic mass is 35.5. The Bertz CT molecular complexity index is 672. The Morgan fingerprint density at radius 2 is 1.92 bits per heavy atom. The zero-order chi connectivity index (χ0) is 17.2. The molecule has 0 aliphatic carbocycles. The van der Waals surface area contributed by atoms with Crippen LogP contribution in [0, 0.1) is 0 Å². The third-order valence-electron chi connectivity index (χ3n) is 3.41. The molecule has 2 aromatic rings. The normalized spacial score (nSPS) is 9.46. The van der Waals surface area contributed by atoms with Crippen molar-refractivity contribution in [2.45, 2.75) is 19.4 Å². The van der Waals surface area contributed by atoms with Crippen molar-refractivity contribution in [3.8, 4) is 17.4 Å². The number of methoxy groups -OCH3 is 1. The van der Waals surface area contributed by atoms with Crippen LogP contribution >= 0.6 is 24.8 Å². The van der Waals surface area contributed by atoms with Gasteiger partial charge in [-0.1, -0.05) is 12.1 Å². The minimum absolute atomic E-state index is 0. The first-order valence-electron chi connectivity index (χ1n) is 7.90. The molecule has 144 valence electrons. The number of aromatic nitrogens is 1. The van der Waals surface area contributed by atoms with Crippen molar-refractivity contribution < 1.29 is 14.3 Å². The van der Waals surface area contributed by atoms with E-state index < -0.39 is 0 Å². The Morgan fingerprint density at radius 3 is 2.65 bits per heavy atom. The monoisotopic (exact) mass is 401 g/mol. The molecule has 1 aromatic heterocycles. The zero-order valence-corrected chi connectivity index (χ0v) is 16.5. The van der Waals surface area contributed by atoms with E-state index >= 15 is 0 Å². The molecule has 0 radical (unpaired) electrons. The predicted octanol–water partition coefficient (Wildman–Crippen LogP) is 3.34. The third kappa shape index (κ3) is 7.91. The Kier molecular flexibility index (Phi) is 12.2. The smallest absolute Gasteiger partial charge is 0.224 e. The van der Waals surface area contributed by atoms with Gasteiger partial charge in [-0.05, 0) is 38.2 Å². The van der Waals surface area contributed by atoms with Gasteiger partial charge < -0.3 is 20.1 Å². The molecule has 0 spiro atoms. The van der Waals surface area contributed by atoms with E-state index in [4.69, 9.17) is 9.47 Å². The number of benzene rings is 1. The van der Waals surface area contributed by atoms with E-state index in [-0.39, 0.29) is 30.7 Å². The molecule has 0 aliphatic heterocycles. The van der Waals surface area contributed by atoms with Gasteiger partial charge in [0, 0.05) is 30.8 Å². The number of nitrogens with zero attached hydrogens (tertiary/aromatic N) is 1. The van der Waals surface area contributed by atoms with E-state index in [2.05, 4.69) is 15.6 Å². The Hall–Kier alpha value is -2.02. The number of halogens is 2. The number of amides is 1. The average molecular weight is 402 g/mol. The highest BCUT2D eigenvalue weighted by Crippen LogP contribution is 2.26. The van der Waals surface area contributed by atoms with Crippen LogP contribution in [-0.4, -0.2) is 31.6 Å². The first kappa shape index (κ1) is 24.0. The topological polar surface area (TPSA) is 72.5 Å². The van der Waals surface area contributed by atoms with Crippen LogP contribution in [0.4, 0.5) is 0 Å². The summed E-state index contributed by atoms with van der Waals surface area (Å²) in [6, 6.07) is 11.0. The quantitative estimate of drug-likeness (QED) is 0.630. The van der Waals surface area contributed by atoms with Crippen LogP contribution in [-0.2, 0) is 11.3 Å². The van der Waals surface area contributed by atoms with Gasteiger partial charge in [0.1, 0.15) is 11.5 Å². The van der Waals surface area contributed by atoms with E-state index in [0.29, 0.717) is 30.3 Å². The molecule has 0 aliphatic rings. The fraction of sp³-hybridized carbons (Fsp3) is 0.333. The minimum atomic E-state index is 0. The lowest BCUT2D eigenvalue weighted by Gasteiger charge is -2.11. The van der Waals surface area contributed by atoms with Crippen molar-refractivity contribution in [2.24, 2.45) is 0 Å².